The highest BCUT2D eigenvalue weighted by Gasteiger charge is 2.32. The Hall–Kier alpha value is 0.450. The molecule has 0 saturated heterocycles. The maximum absolute atomic E-state index is 11.1. The molecule has 0 aromatic heterocycles. The lowest BCUT2D eigenvalue weighted by atomic mass is 9.95. The first kappa shape index (κ1) is 15.4. The van der Waals surface area contributed by atoms with E-state index in [0.29, 0.717) is 0 Å². The molecular weight excluding hydrogens is 261 g/mol. The lowest BCUT2D eigenvalue weighted by Crippen LogP contribution is -2.44. The van der Waals surface area contributed by atoms with E-state index in [2.05, 4.69) is 0 Å². The van der Waals surface area contributed by atoms with Crippen molar-refractivity contribution in [2.24, 2.45) is 0 Å². The first-order chi connectivity index (χ1) is 6.43. The van der Waals surface area contributed by atoms with Crippen LogP contribution in [-0.2, 0) is 10.3 Å². The van der Waals surface area contributed by atoms with Gasteiger partial charge in [-0.3, -0.25) is 4.55 Å². The fraction of sp³-hybridized carbons (Fsp3) is 1.00. The van der Waals surface area contributed by atoms with Crippen molar-refractivity contribution in [3.8, 4) is 0 Å². The number of alkyl halides is 1. The summed E-state index contributed by atoms with van der Waals surface area (Å²) in [6.07, 6.45) is 4.71. The van der Waals surface area contributed by atoms with Gasteiger partial charge in [-0.25, -0.2) is 0 Å². The number of hydrogen-bond acceptors (Lipinski definition) is 2. The van der Waals surface area contributed by atoms with Crippen LogP contribution < -0.4 is 0 Å². The van der Waals surface area contributed by atoms with Crippen molar-refractivity contribution >= 4 is 34.3 Å². The van der Waals surface area contributed by atoms with Gasteiger partial charge in [0.25, 0.3) is 0 Å². The third-order valence-electron chi connectivity index (χ3n) is 2.55. The van der Waals surface area contributed by atoms with Crippen molar-refractivity contribution in [2.75, 3.05) is 0 Å². The highest BCUT2D eigenvalue weighted by Crippen LogP contribution is 2.26. The molecular formula is C8H17Cl2NO3S. The normalized spacial score (nSPS) is 21.1. The van der Waals surface area contributed by atoms with Gasteiger partial charge in [-0.15, -0.1) is 24.0 Å². The van der Waals surface area contributed by atoms with E-state index < -0.39 is 15.8 Å². The quantitative estimate of drug-likeness (QED) is 0.490. The molecule has 0 aliphatic heterocycles. The Morgan fingerprint density at radius 3 is 2.13 bits per heavy atom. The minimum absolute atomic E-state index is 0. The Labute approximate surface area is 102 Å². The summed E-state index contributed by atoms with van der Waals surface area (Å²) in [6.45, 7) is 1.56. The van der Waals surface area contributed by atoms with Crippen LogP contribution in [-0.4, -0.2) is 28.8 Å². The molecule has 0 heterocycles. The summed E-state index contributed by atoms with van der Waals surface area (Å²) in [6, 6.07) is -0.133. The molecule has 15 heavy (non-hydrogen) atoms. The van der Waals surface area contributed by atoms with E-state index in [0.717, 1.165) is 36.4 Å². The SMILES string of the molecule is CC(Cl)N(C1CCCCC1)S(=O)(=O)O.Cl. The smallest absolute Gasteiger partial charge is 0.273 e. The van der Waals surface area contributed by atoms with Crippen LogP contribution in [0.15, 0.2) is 0 Å². The van der Waals surface area contributed by atoms with Gasteiger partial charge in [0.2, 0.25) is 0 Å². The van der Waals surface area contributed by atoms with E-state index in [9.17, 15) is 8.42 Å². The zero-order chi connectivity index (χ0) is 10.8. The van der Waals surface area contributed by atoms with Crippen molar-refractivity contribution in [1.29, 1.82) is 0 Å². The van der Waals surface area contributed by atoms with Crippen molar-refractivity contribution in [3.63, 3.8) is 0 Å². The summed E-state index contributed by atoms with van der Waals surface area (Å²) in [5, 5.41) is 0. The van der Waals surface area contributed by atoms with E-state index in [1.54, 1.807) is 6.92 Å². The van der Waals surface area contributed by atoms with E-state index in [1.807, 2.05) is 0 Å². The second-order valence-corrected chi connectivity index (χ2v) is 5.62. The topological polar surface area (TPSA) is 57.6 Å². The van der Waals surface area contributed by atoms with Crippen LogP contribution in [0.1, 0.15) is 39.0 Å². The maximum Gasteiger partial charge on any atom is 0.337 e. The van der Waals surface area contributed by atoms with Gasteiger partial charge in [-0.2, -0.15) is 12.7 Å². The van der Waals surface area contributed by atoms with Gasteiger partial charge in [0.05, 0.1) is 5.50 Å². The summed E-state index contributed by atoms with van der Waals surface area (Å²) in [5.41, 5.74) is -0.687. The van der Waals surface area contributed by atoms with Crippen LogP contribution in [0.2, 0.25) is 0 Å². The molecule has 92 valence electrons. The van der Waals surface area contributed by atoms with Gasteiger partial charge >= 0.3 is 10.3 Å². The van der Waals surface area contributed by atoms with Crippen LogP contribution in [0, 0.1) is 0 Å². The Bertz CT molecular complexity index is 276. The van der Waals surface area contributed by atoms with E-state index in [4.69, 9.17) is 16.2 Å². The van der Waals surface area contributed by atoms with Crippen LogP contribution in [0.4, 0.5) is 0 Å². The Balaban J connectivity index is 0.00000196. The molecule has 1 atom stereocenters. The van der Waals surface area contributed by atoms with Crippen LogP contribution in [0.3, 0.4) is 0 Å². The zero-order valence-electron chi connectivity index (χ0n) is 8.60. The largest absolute Gasteiger partial charge is 0.337 e. The summed E-state index contributed by atoms with van der Waals surface area (Å²) in [5.74, 6) is 0. The fourth-order valence-electron chi connectivity index (χ4n) is 2.00. The summed E-state index contributed by atoms with van der Waals surface area (Å²) in [7, 11) is -4.16. The van der Waals surface area contributed by atoms with E-state index in [-0.39, 0.29) is 18.4 Å². The molecule has 1 aliphatic carbocycles. The maximum atomic E-state index is 11.1. The molecule has 1 saturated carbocycles. The average Bonchev–Trinajstić information content (AvgIpc) is 2.02. The first-order valence-corrected chi connectivity index (χ1v) is 6.66. The molecule has 0 radical (unpaired) electrons. The number of halogens is 2. The van der Waals surface area contributed by atoms with Crippen LogP contribution >= 0.6 is 24.0 Å². The minimum atomic E-state index is -4.16. The Morgan fingerprint density at radius 1 is 1.33 bits per heavy atom. The summed E-state index contributed by atoms with van der Waals surface area (Å²) < 4.78 is 32.2. The van der Waals surface area contributed by atoms with Crippen molar-refractivity contribution in [2.45, 2.75) is 50.6 Å². The van der Waals surface area contributed by atoms with Gasteiger partial charge < -0.3 is 0 Å². The predicted molar refractivity (Wildman–Crippen MR) is 62.8 cm³/mol. The summed E-state index contributed by atoms with van der Waals surface area (Å²) in [4.78, 5) is 0. The number of hydrogen-bond donors (Lipinski definition) is 1. The molecule has 1 N–H and O–H groups in total. The summed E-state index contributed by atoms with van der Waals surface area (Å²) >= 11 is 5.75. The monoisotopic (exact) mass is 277 g/mol. The fourth-order valence-corrected chi connectivity index (χ4v) is 3.41. The Kier molecular flexibility index (Phi) is 6.44. The Morgan fingerprint density at radius 2 is 1.80 bits per heavy atom. The minimum Gasteiger partial charge on any atom is -0.273 e. The van der Waals surface area contributed by atoms with E-state index >= 15 is 0 Å². The second-order valence-electron chi connectivity index (χ2n) is 3.67. The second kappa shape index (κ2) is 6.25. The standard InChI is InChI=1S/C8H16ClNO3S.ClH/c1-7(9)10(14(11,12)13)8-5-3-2-4-6-8;/h7-8H,2-6H2,1H3,(H,11,12,13);1H. The molecule has 1 rings (SSSR count). The van der Waals surface area contributed by atoms with Crippen molar-refractivity contribution in [1.82, 2.24) is 4.31 Å². The van der Waals surface area contributed by atoms with Crippen LogP contribution in [0.25, 0.3) is 0 Å². The molecule has 1 unspecified atom stereocenters. The molecule has 0 bridgehead atoms. The van der Waals surface area contributed by atoms with Gasteiger partial charge in [0.1, 0.15) is 0 Å². The van der Waals surface area contributed by atoms with Crippen molar-refractivity contribution < 1.29 is 13.0 Å². The zero-order valence-corrected chi connectivity index (χ0v) is 11.0. The lowest BCUT2D eigenvalue weighted by Gasteiger charge is -2.32. The van der Waals surface area contributed by atoms with Gasteiger partial charge in [0, 0.05) is 6.04 Å². The van der Waals surface area contributed by atoms with Crippen molar-refractivity contribution in [3.05, 3.63) is 0 Å². The number of rotatable bonds is 3. The molecule has 4 nitrogen and oxygen atoms in total. The molecule has 1 aliphatic rings. The lowest BCUT2D eigenvalue weighted by molar-refractivity contribution is 0.226. The number of nitrogens with zero attached hydrogens (tertiary/aromatic N) is 1. The highest BCUT2D eigenvalue weighted by molar-refractivity contribution is 7.83. The third-order valence-corrected chi connectivity index (χ3v) is 4.02. The average molecular weight is 278 g/mol. The third kappa shape index (κ3) is 4.44. The predicted octanol–water partition coefficient (Wildman–Crippen LogP) is 2.43. The highest BCUT2D eigenvalue weighted by atomic mass is 35.5. The first-order valence-electron chi connectivity index (χ1n) is 4.83. The van der Waals surface area contributed by atoms with E-state index in [1.165, 1.54) is 0 Å². The van der Waals surface area contributed by atoms with Gasteiger partial charge in [0.15, 0.2) is 0 Å². The van der Waals surface area contributed by atoms with Gasteiger partial charge in [-0.1, -0.05) is 19.3 Å². The molecule has 1 fully saturated rings. The molecule has 0 aromatic rings. The van der Waals surface area contributed by atoms with Crippen LogP contribution in [0.5, 0.6) is 0 Å². The van der Waals surface area contributed by atoms with Gasteiger partial charge in [-0.05, 0) is 19.8 Å². The molecule has 0 spiro atoms. The molecule has 0 amide bonds. The molecule has 0 aromatic carbocycles. The molecule has 7 heteroatoms.